The first-order valence-corrected chi connectivity index (χ1v) is 8.12. The second kappa shape index (κ2) is 4.79. The predicted octanol–water partition coefficient (Wildman–Crippen LogP) is 4.79. The van der Waals surface area contributed by atoms with Gasteiger partial charge in [0.05, 0.1) is 1.37 Å². The predicted molar refractivity (Wildman–Crippen MR) is 95.4 cm³/mol. The Balaban J connectivity index is 2.04. The van der Waals surface area contributed by atoms with Gasteiger partial charge in [0.15, 0.2) is 6.20 Å². The van der Waals surface area contributed by atoms with Crippen molar-refractivity contribution in [2.45, 2.75) is 26.2 Å². The third kappa shape index (κ3) is 1.96. The number of hydrogen-bond donors (Lipinski definition) is 0. The van der Waals surface area contributed by atoms with Crippen LogP contribution in [0.5, 0.6) is 0 Å². The van der Waals surface area contributed by atoms with Crippen LogP contribution in [0.3, 0.4) is 0 Å². The summed E-state index contributed by atoms with van der Waals surface area (Å²) in [6.07, 6.45) is 2.01. The minimum Gasteiger partial charge on any atom is -0.201 e. The molecule has 1 aromatic heterocycles. The molecule has 2 aromatic carbocycles. The van der Waals surface area contributed by atoms with Gasteiger partial charge in [0.2, 0.25) is 5.69 Å². The van der Waals surface area contributed by atoms with Crippen molar-refractivity contribution >= 4 is 0 Å². The van der Waals surface area contributed by atoms with Crippen LogP contribution in [-0.4, -0.2) is 0 Å². The summed E-state index contributed by atoms with van der Waals surface area (Å²) in [5.74, 6) is 0. The van der Waals surface area contributed by atoms with E-state index in [1.165, 1.54) is 27.8 Å². The van der Waals surface area contributed by atoms with Gasteiger partial charge >= 0.3 is 0 Å². The van der Waals surface area contributed by atoms with Gasteiger partial charge in [-0.05, 0) is 46.9 Å². The van der Waals surface area contributed by atoms with Crippen LogP contribution in [0.4, 0.5) is 0 Å². The Labute approximate surface area is 139 Å². The molecule has 4 rings (SSSR count). The highest BCUT2D eigenvalue weighted by atomic mass is 14.9. The lowest BCUT2D eigenvalue weighted by Gasteiger charge is -2.22. The standard InChI is InChI=1S/C22H22N/c1-15-13-20-18(14-17(15)21-11-7-8-12-23(21)4)16-9-5-6-10-19(16)22(20,2)3/h5-14H,1-4H3/q+1/i11D. The molecular weight excluding hydrogens is 278 g/mol. The van der Waals surface area contributed by atoms with Crippen LogP contribution in [0, 0.1) is 6.92 Å². The SMILES string of the molecule is [2H]c1ccc[n+](C)c1-c1cc2c(cc1C)C(C)(C)c1ccccc1-2. The summed E-state index contributed by atoms with van der Waals surface area (Å²) in [4.78, 5) is 0. The monoisotopic (exact) mass is 301 g/mol. The van der Waals surface area contributed by atoms with E-state index in [1.807, 2.05) is 29.9 Å². The molecule has 0 amide bonds. The highest BCUT2D eigenvalue weighted by molar-refractivity contribution is 5.84. The Hall–Kier alpha value is -2.41. The lowest BCUT2D eigenvalue weighted by molar-refractivity contribution is -0.660. The van der Waals surface area contributed by atoms with Gasteiger partial charge in [-0.2, -0.15) is 0 Å². The van der Waals surface area contributed by atoms with E-state index in [4.69, 9.17) is 1.37 Å². The van der Waals surface area contributed by atoms with Crippen molar-refractivity contribution in [1.29, 1.82) is 0 Å². The van der Waals surface area contributed by atoms with Crippen LogP contribution >= 0.6 is 0 Å². The van der Waals surface area contributed by atoms with Gasteiger partial charge in [-0.25, -0.2) is 4.57 Å². The molecule has 0 N–H and O–H groups in total. The Bertz CT molecular complexity index is 949. The van der Waals surface area contributed by atoms with Gasteiger partial charge in [0, 0.05) is 23.1 Å². The summed E-state index contributed by atoms with van der Waals surface area (Å²) < 4.78 is 10.4. The van der Waals surface area contributed by atoms with Crippen LogP contribution in [0.25, 0.3) is 22.4 Å². The molecule has 0 atom stereocenters. The first-order chi connectivity index (χ1) is 11.4. The summed E-state index contributed by atoms with van der Waals surface area (Å²) >= 11 is 0. The van der Waals surface area contributed by atoms with E-state index >= 15 is 0 Å². The van der Waals surface area contributed by atoms with E-state index in [0.717, 1.165) is 11.3 Å². The third-order valence-electron chi connectivity index (χ3n) is 5.16. The molecule has 0 aliphatic heterocycles. The first-order valence-electron chi connectivity index (χ1n) is 8.62. The maximum absolute atomic E-state index is 8.34. The van der Waals surface area contributed by atoms with Crippen LogP contribution in [-0.2, 0) is 12.5 Å². The average Bonchev–Trinajstić information content (AvgIpc) is 2.76. The second-order valence-corrected chi connectivity index (χ2v) is 7.00. The maximum Gasteiger partial charge on any atom is 0.212 e. The molecule has 0 saturated carbocycles. The number of rotatable bonds is 1. The lowest BCUT2D eigenvalue weighted by Crippen LogP contribution is -2.30. The molecule has 1 nitrogen and oxygen atoms in total. The molecule has 1 aliphatic rings. The molecule has 3 aromatic rings. The average molecular weight is 301 g/mol. The van der Waals surface area contributed by atoms with Crippen molar-refractivity contribution in [3.63, 3.8) is 0 Å². The van der Waals surface area contributed by atoms with E-state index in [2.05, 4.69) is 57.2 Å². The Morgan fingerprint density at radius 2 is 1.70 bits per heavy atom. The van der Waals surface area contributed by atoms with Crippen LogP contribution in [0.15, 0.2) is 60.8 Å². The molecule has 1 aliphatic carbocycles. The molecular formula is C22H22N+. The Morgan fingerprint density at radius 1 is 0.913 bits per heavy atom. The number of benzene rings is 2. The molecule has 0 saturated heterocycles. The topological polar surface area (TPSA) is 3.88 Å². The fourth-order valence-electron chi connectivity index (χ4n) is 3.85. The molecule has 1 heteroatoms. The van der Waals surface area contributed by atoms with Crippen LogP contribution in [0.1, 0.15) is 31.9 Å². The van der Waals surface area contributed by atoms with Gasteiger partial charge < -0.3 is 0 Å². The van der Waals surface area contributed by atoms with Crippen molar-refractivity contribution in [3.8, 4) is 22.4 Å². The summed E-state index contributed by atoms with van der Waals surface area (Å²) in [6.45, 7) is 6.76. The minimum atomic E-state index is 0.0257. The molecule has 1 heterocycles. The Kier molecular flexibility index (Phi) is 2.72. The lowest BCUT2D eigenvalue weighted by atomic mass is 9.81. The highest BCUT2D eigenvalue weighted by Gasteiger charge is 2.36. The Morgan fingerprint density at radius 3 is 2.48 bits per heavy atom. The fourth-order valence-corrected chi connectivity index (χ4v) is 3.85. The van der Waals surface area contributed by atoms with E-state index < -0.39 is 0 Å². The summed E-state index contributed by atoms with van der Waals surface area (Å²) in [5.41, 5.74) is 8.77. The second-order valence-electron chi connectivity index (χ2n) is 7.00. The number of fused-ring (bicyclic) bond motifs is 3. The largest absolute Gasteiger partial charge is 0.212 e. The first kappa shape index (κ1) is 13.1. The van der Waals surface area contributed by atoms with Crippen molar-refractivity contribution in [2.24, 2.45) is 7.05 Å². The number of hydrogen-bond acceptors (Lipinski definition) is 0. The van der Waals surface area contributed by atoms with E-state index in [0.29, 0.717) is 6.04 Å². The zero-order valence-electron chi connectivity index (χ0n) is 15.1. The zero-order chi connectivity index (χ0) is 17.1. The fraction of sp³-hybridized carbons (Fsp3) is 0.227. The smallest absolute Gasteiger partial charge is 0.201 e. The quantitative estimate of drug-likeness (QED) is 0.569. The normalized spacial score (nSPS) is 15.0. The number of pyridine rings is 1. The summed E-state index contributed by atoms with van der Waals surface area (Å²) in [5, 5.41) is 0. The van der Waals surface area contributed by atoms with Crippen molar-refractivity contribution in [2.75, 3.05) is 0 Å². The van der Waals surface area contributed by atoms with Crippen molar-refractivity contribution in [1.82, 2.24) is 0 Å². The molecule has 0 fully saturated rings. The molecule has 0 spiro atoms. The number of aryl methyl sites for hydroxylation is 2. The van der Waals surface area contributed by atoms with Gasteiger partial charge in [-0.15, -0.1) is 0 Å². The third-order valence-corrected chi connectivity index (χ3v) is 5.16. The van der Waals surface area contributed by atoms with Crippen LogP contribution < -0.4 is 4.57 Å². The van der Waals surface area contributed by atoms with E-state index in [-0.39, 0.29) is 5.41 Å². The molecule has 23 heavy (non-hydrogen) atoms. The van der Waals surface area contributed by atoms with E-state index in [9.17, 15) is 0 Å². The van der Waals surface area contributed by atoms with Gasteiger partial charge in [-0.1, -0.05) is 44.2 Å². The van der Waals surface area contributed by atoms with Crippen molar-refractivity contribution in [3.05, 3.63) is 77.5 Å². The zero-order valence-corrected chi connectivity index (χ0v) is 14.1. The molecule has 0 radical (unpaired) electrons. The van der Waals surface area contributed by atoms with Gasteiger partial charge in [0.1, 0.15) is 7.05 Å². The number of nitrogens with zero attached hydrogens (tertiary/aromatic N) is 1. The molecule has 0 unspecified atom stereocenters. The maximum atomic E-state index is 8.34. The molecule has 0 bridgehead atoms. The number of aromatic nitrogens is 1. The minimum absolute atomic E-state index is 0.0257. The van der Waals surface area contributed by atoms with Crippen molar-refractivity contribution < 1.29 is 5.94 Å². The summed E-state index contributed by atoms with van der Waals surface area (Å²) in [7, 11) is 2.01. The van der Waals surface area contributed by atoms with Gasteiger partial charge in [0.25, 0.3) is 0 Å². The van der Waals surface area contributed by atoms with E-state index in [1.54, 1.807) is 0 Å². The highest BCUT2D eigenvalue weighted by Crippen LogP contribution is 2.49. The summed E-state index contributed by atoms with van der Waals surface area (Å²) in [6, 6.07) is 17.6. The van der Waals surface area contributed by atoms with Crippen LogP contribution in [0.2, 0.25) is 0 Å². The molecule has 114 valence electrons. The van der Waals surface area contributed by atoms with Gasteiger partial charge in [-0.3, -0.25) is 0 Å².